The van der Waals surface area contributed by atoms with Gasteiger partial charge in [-0.1, -0.05) is 18.6 Å². The Morgan fingerprint density at radius 1 is 1.29 bits per heavy atom. The van der Waals surface area contributed by atoms with Crippen LogP contribution >= 0.6 is 11.6 Å². The van der Waals surface area contributed by atoms with E-state index in [1.54, 1.807) is 0 Å². The van der Waals surface area contributed by atoms with E-state index in [1.165, 1.54) is 26.2 Å². The van der Waals surface area contributed by atoms with Crippen molar-refractivity contribution in [2.75, 3.05) is 11.9 Å². The molecule has 0 radical (unpaired) electrons. The molecule has 1 N–H and O–H groups in total. The Bertz CT molecular complexity index is 464. The van der Waals surface area contributed by atoms with Crippen molar-refractivity contribution in [1.82, 2.24) is 4.90 Å². The molecule has 21 heavy (non-hydrogen) atoms. The Kier molecular flexibility index (Phi) is 5.65. The second-order valence-corrected chi connectivity index (χ2v) is 6.62. The van der Waals surface area contributed by atoms with Crippen LogP contribution in [0, 0.1) is 0 Å². The molecule has 1 aromatic carbocycles. The van der Waals surface area contributed by atoms with Gasteiger partial charge in [0.25, 0.3) is 0 Å². The number of carbonyl (C=O) groups is 1. The topological polar surface area (TPSA) is 32.3 Å². The van der Waals surface area contributed by atoms with Gasteiger partial charge in [0.2, 0.25) is 5.91 Å². The van der Waals surface area contributed by atoms with Crippen LogP contribution < -0.4 is 5.32 Å². The molecule has 0 bridgehead atoms. The maximum absolute atomic E-state index is 11.0. The lowest BCUT2D eigenvalue weighted by Gasteiger charge is -2.40. The van der Waals surface area contributed by atoms with Gasteiger partial charge < -0.3 is 5.32 Å². The number of hydrogen-bond donors (Lipinski definition) is 1. The minimum atomic E-state index is -0.0545. The number of nitrogens with one attached hydrogen (secondary N) is 1. The molecular weight excluding hydrogens is 284 g/mol. The molecule has 0 aliphatic carbocycles. The highest BCUT2D eigenvalue weighted by atomic mass is 35.5. The summed E-state index contributed by atoms with van der Waals surface area (Å²) in [6.45, 7) is 6.97. The summed E-state index contributed by atoms with van der Waals surface area (Å²) >= 11 is 6.60. The number of piperidine rings is 1. The molecule has 1 saturated heterocycles. The average molecular weight is 309 g/mol. The number of hydrogen-bond acceptors (Lipinski definition) is 2. The lowest BCUT2D eigenvalue weighted by Crippen LogP contribution is -2.45. The van der Waals surface area contributed by atoms with Crippen LogP contribution in [0.15, 0.2) is 24.3 Å². The van der Waals surface area contributed by atoms with Gasteiger partial charge in [-0.15, -0.1) is 11.6 Å². The van der Waals surface area contributed by atoms with Crippen LogP contribution in [0.3, 0.4) is 0 Å². The van der Waals surface area contributed by atoms with Gasteiger partial charge in [-0.2, -0.15) is 0 Å². The van der Waals surface area contributed by atoms with E-state index in [1.807, 2.05) is 24.3 Å². The van der Waals surface area contributed by atoms with E-state index >= 15 is 0 Å². The number of anilines is 1. The first-order valence-corrected chi connectivity index (χ1v) is 8.18. The molecule has 1 amide bonds. The monoisotopic (exact) mass is 308 g/mol. The Balaban J connectivity index is 1.99. The summed E-state index contributed by atoms with van der Waals surface area (Å²) in [6, 6.07) is 9.04. The van der Waals surface area contributed by atoms with Gasteiger partial charge in [-0.25, -0.2) is 0 Å². The first kappa shape index (κ1) is 16.3. The number of halogens is 1. The summed E-state index contributed by atoms with van der Waals surface area (Å²) < 4.78 is 0. The summed E-state index contributed by atoms with van der Waals surface area (Å²) in [5, 5.41) is 2.76. The maximum atomic E-state index is 11.0. The van der Waals surface area contributed by atoms with E-state index < -0.39 is 0 Å². The molecule has 1 aliphatic rings. The van der Waals surface area contributed by atoms with Gasteiger partial charge in [-0.3, -0.25) is 9.69 Å². The number of rotatable bonds is 4. The summed E-state index contributed by atoms with van der Waals surface area (Å²) in [7, 11) is 0. The van der Waals surface area contributed by atoms with Gasteiger partial charge in [0.15, 0.2) is 0 Å². The zero-order chi connectivity index (χ0) is 15.4. The molecule has 3 atom stereocenters. The zero-order valence-corrected chi connectivity index (χ0v) is 13.9. The van der Waals surface area contributed by atoms with E-state index in [2.05, 4.69) is 24.1 Å². The zero-order valence-electron chi connectivity index (χ0n) is 13.1. The number of amides is 1. The van der Waals surface area contributed by atoms with E-state index in [0.29, 0.717) is 12.1 Å². The van der Waals surface area contributed by atoms with E-state index in [0.717, 1.165) is 17.8 Å². The predicted molar refractivity (Wildman–Crippen MR) is 88.8 cm³/mol. The van der Waals surface area contributed by atoms with E-state index in [9.17, 15) is 4.79 Å². The fourth-order valence-electron chi connectivity index (χ4n) is 3.10. The molecule has 1 aromatic rings. The van der Waals surface area contributed by atoms with Gasteiger partial charge >= 0.3 is 0 Å². The van der Waals surface area contributed by atoms with Gasteiger partial charge in [-0.05, 0) is 44.4 Å². The second kappa shape index (κ2) is 7.28. The smallest absolute Gasteiger partial charge is 0.221 e. The third-order valence-electron chi connectivity index (χ3n) is 4.34. The third kappa shape index (κ3) is 4.45. The highest BCUT2D eigenvalue weighted by Gasteiger charge is 2.26. The Hall–Kier alpha value is -1.06. The van der Waals surface area contributed by atoms with Gasteiger partial charge in [0.05, 0.1) is 5.38 Å². The molecule has 3 nitrogen and oxygen atoms in total. The maximum Gasteiger partial charge on any atom is 0.221 e. The van der Waals surface area contributed by atoms with Crippen LogP contribution in [-0.4, -0.2) is 29.4 Å². The van der Waals surface area contributed by atoms with Crippen molar-refractivity contribution in [1.29, 1.82) is 0 Å². The summed E-state index contributed by atoms with van der Waals surface area (Å²) in [5.41, 5.74) is 1.92. The molecule has 0 spiro atoms. The molecule has 0 saturated carbocycles. The lowest BCUT2D eigenvalue weighted by atomic mass is 9.96. The van der Waals surface area contributed by atoms with Crippen LogP contribution in [0.5, 0.6) is 0 Å². The number of benzene rings is 1. The molecule has 4 heteroatoms. The number of carbonyl (C=O) groups excluding carboxylic acids is 1. The minimum Gasteiger partial charge on any atom is -0.326 e. The van der Waals surface area contributed by atoms with Crippen molar-refractivity contribution in [3.63, 3.8) is 0 Å². The van der Waals surface area contributed by atoms with Crippen molar-refractivity contribution < 1.29 is 4.79 Å². The van der Waals surface area contributed by atoms with E-state index in [4.69, 9.17) is 11.6 Å². The predicted octanol–water partition coefficient (Wildman–Crippen LogP) is 4.19. The van der Waals surface area contributed by atoms with Crippen LogP contribution in [0.4, 0.5) is 5.69 Å². The Morgan fingerprint density at radius 3 is 2.38 bits per heavy atom. The van der Waals surface area contributed by atoms with Crippen molar-refractivity contribution >= 4 is 23.2 Å². The van der Waals surface area contributed by atoms with Gasteiger partial charge in [0, 0.05) is 31.2 Å². The summed E-state index contributed by atoms with van der Waals surface area (Å²) in [5.74, 6) is -0.0545. The Morgan fingerprint density at radius 2 is 1.86 bits per heavy atom. The van der Waals surface area contributed by atoms with Crippen molar-refractivity contribution in [3.8, 4) is 0 Å². The molecule has 2 rings (SSSR count). The average Bonchev–Trinajstić information content (AvgIpc) is 2.43. The largest absolute Gasteiger partial charge is 0.326 e. The van der Waals surface area contributed by atoms with Crippen LogP contribution in [0.25, 0.3) is 0 Å². The Labute approximate surface area is 132 Å². The quantitative estimate of drug-likeness (QED) is 0.846. The van der Waals surface area contributed by atoms with Crippen molar-refractivity contribution in [2.24, 2.45) is 0 Å². The normalized spacial score (nSPS) is 24.6. The minimum absolute atomic E-state index is 0.0145. The summed E-state index contributed by atoms with van der Waals surface area (Å²) in [4.78, 5) is 13.5. The highest BCUT2D eigenvalue weighted by molar-refractivity contribution is 6.21. The molecule has 1 aliphatic heterocycles. The van der Waals surface area contributed by atoms with Crippen LogP contribution in [-0.2, 0) is 4.79 Å². The second-order valence-electron chi connectivity index (χ2n) is 6.10. The molecule has 1 fully saturated rings. The fourth-order valence-corrected chi connectivity index (χ4v) is 3.41. The SMILES string of the molecule is CC(=O)Nc1ccc(C(Cl)CN2C(C)CCCC2C)cc1. The van der Waals surface area contributed by atoms with E-state index in [-0.39, 0.29) is 11.3 Å². The molecule has 0 aromatic heterocycles. The first-order chi connectivity index (χ1) is 9.97. The number of alkyl halides is 1. The number of likely N-dealkylation sites (tertiary alicyclic amines) is 1. The highest BCUT2D eigenvalue weighted by Crippen LogP contribution is 2.29. The fraction of sp³-hybridized carbons (Fsp3) is 0.588. The van der Waals surface area contributed by atoms with Crippen molar-refractivity contribution in [3.05, 3.63) is 29.8 Å². The van der Waals surface area contributed by atoms with Crippen LogP contribution in [0.1, 0.15) is 51.0 Å². The van der Waals surface area contributed by atoms with Crippen molar-refractivity contribution in [2.45, 2.75) is 57.5 Å². The number of nitrogens with zero attached hydrogens (tertiary/aromatic N) is 1. The molecular formula is C17H25ClN2O. The third-order valence-corrected chi connectivity index (χ3v) is 4.73. The molecule has 3 unspecified atom stereocenters. The van der Waals surface area contributed by atoms with Crippen LogP contribution in [0.2, 0.25) is 0 Å². The van der Waals surface area contributed by atoms with Gasteiger partial charge in [0.1, 0.15) is 0 Å². The molecule has 116 valence electrons. The lowest BCUT2D eigenvalue weighted by molar-refractivity contribution is -0.114. The molecule has 1 heterocycles. The standard InChI is InChI=1S/C17H25ClN2O/c1-12-5-4-6-13(2)20(12)11-17(18)15-7-9-16(10-8-15)19-14(3)21/h7-10,12-13,17H,4-6,11H2,1-3H3,(H,19,21). The first-order valence-electron chi connectivity index (χ1n) is 7.74. The summed E-state index contributed by atoms with van der Waals surface area (Å²) in [6.07, 6.45) is 3.84.